The lowest BCUT2D eigenvalue weighted by Gasteiger charge is -2.08. The largest absolute Gasteiger partial charge is 0.490 e. The first kappa shape index (κ1) is 23.0. The van der Waals surface area contributed by atoms with Crippen molar-refractivity contribution in [3.8, 4) is 23.5 Å². The Hall–Kier alpha value is -4.16. The van der Waals surface area contributed by atoms with Crippen molar-refractivity contribution in [2.24, 2.45) is 0 Å². The molecule has 10 heteroatoms. The van der Waals surface area contributed by atoms with Gasteiger partial charge in [0, 0.05) is 48.8 Å². The maximum Gasteiger partial charge on any atom is 0.214 e. The number of pyridine rings is 4. The second-order valence-corrected chi connectivity index (χ2v) is 7.41. The monoisotopic (exact) mass is 478 g/mol. The van der Waals surface area contributed by atoms with Gasteiger partial charge >= 0.3 is 0 Å². The van der Waals surface area contributed by atoms with Crippen molar-refractivity contribution in [2.45, 2.75) is 6.42 Å². The van der Waals surface area contributed by atoms with Gasteiger partial charge in [0.15, 0.2) is 11.6 Å². The lowest BCUT2D eigenvalue weighted by Crippen LogP contribution is -2.07. The lowest BCUT2D eigenvalue weighted by atomic mass is 10.1. The summed E-state index contributed by atoms with van der Waals surface area (Å²) in [4.78, 5) is 16.5. The number of hydrogen-bond acceptors (Lipinski definition) is 8. The van der Waals surface area contributed by atoms with E-state index in [9.17, 15) is 4.39 Å². The third kappa shape index (κ3) is 5.60. The predicted molar refractivity (Wildman–Crippen MR) is 129 cm³/mol. The van der Waals surface area contributed by atoms with Crippen LogP contribution in [0, 0.1) is 17.7 Å². The summed E-state index contributed by atoms with van der Waals surface area (Å²) < 4.78 is 25.2. The van der Waals surface area contributed by atoms with Crippen LogP contribution in [0.2, 0.25) is 5.15 Å². The van der Waals surface area contributed by atoms with Crippen LogP contribution in [0.3, 0.4) is 0 Å². The highest BCUT2D eigenvalue weighted by atomic mass is 35.5. The molecule has 0 amide bonds. The van der Waals surface area contributed by atoms with Crippen molar-refractivity contribution in [2.75, 3.05) is 31.3 Å². The Bertz CT molecular complexity index is 1390. The van der Waals surface area contributed by atoms with Crippen LogP contribution in [-0.2, 0) is 0 Å². The molecule has 8 nitrogen and oxygen atoms in total. The summed E-state index contributed by atoms with van der Waals surface area (Å²) in [5, 5.41) is 4.95. The Morgan fingerprint density at radius 1 is 1.03 bits per heavy atom. The van der Waals surface area contributed by atoms with Gasteiger partial charge in [-0.05, 0) is 18.1 Å². The molecular weight excluding hydrogens is 459 g/mol. The first-order chi connectivity index (χ1) is 16.5. The van der Waals surface area contributed by atoms with Crippen molar-refractivity contribution in [3.05, 3.63) is 71.2 Å². The third-order valence-electron chi connectivity index (χ3n) is 4.66. The number of aromatic nitrogens is 4. The maximum atomic E-state index is 14.2. The summed E-state index contributed by atoms with van der Waals surface area (Å²) in [6, 6.07) is 8.30. The molecule has 4 aromatic rings. The highest BCUT2D eigenvalue weighted by Crippen LogP contribution is 2.25. The summed E-state index contributed by atoms with van der Waals surface area (Å²) in [6.45, 7) is 0.577. The molecule has 3 N–H and O–H groups in total. The van der Waals surface area contributed by atoms with Crippen molar-refractivity contribution in [3.63, 3.8) is 0 Å². The second-order valence-electron chi connectivity index (χ2n) is 7.02. The van der Waals surface area contributed by atoms with Crippen LogP contribution in [0.15, 0.2) is 48.9 Å². The number of nitrogens with zero attached hydrogens (tertiary/aromatic N) is 4. The average molecular weight is 479 g/mol. The van der Waals surface area contributed by atoms with E-state index in [0.717, 1.165) is 17.0 Å². The molecule has 0 aromatic carbocycles. The summed E-state index contributed by atoms with van der Waals surface area (Å²) in [5.74, 6) is 6.89. The van der Waals surface area contributed by atoms with Crippen molar-refractivity contribution in [1.29, 1.82) is 0 Å². The van der Waals surface area contributed by atoms with E-state index in [1.165, 1.54) is 6.07 Å². The minimum atomic E-state index is -0.577. The fourth-order valence-electron chi connectivity index (χ4n) is 3.07. The number of anilines is 2. The molecule has 0 saturated carbocycles. The van der Waals surface area contributed by atoms with Crippen molar-refractivity contribution >= 4 is 34.0 Å². The minimum Gasteiger partial charge on any atom is -0.490 e. The number of nitrogen functional groups attached to an aromatic ring is 1. The van der Waals surface area contributed by atoms with Crippen LogP contribution in [-0.4, -0.2) is 40.2 Å². The van der Waals surface area contributed by atoms with Crippen LogP contribution in [0.5, 0.6) is 11.6 Å². The van der Waals surface area contributed by atoms with Gasteiger partial charge in [-0.25, -0.2) is 24.3 Å². The molecule has 0 aliphatic carbocycles. The molecule has 4 heterocycles. The highest BCUT2D eigenvalue weighted by molar-refractivity contribution is 6.29. The highest BCUT2D eigenvalue weighted by Gasteiger charge is 2.08. The zero-order valence-corrected chi connectivity index (χ0v) is 18.9. The first-order valence-electron chi connectivity index (χ1n) is 10.3. The molecule has 0 bridgehead atoms. The molecule has 4 aromatic heterocycles. The van der Waals surface area contributed by atoms with Crippen LogP contribution >= 0.6 is 11.6 Å². The standard InChI is InChI=1S/C24H20ClFN6O2/c1-28-24-18-13-30-22(27)11-17(18)15(12-31-24)6-7-16-10-20(19(26)14-29-16)33-8-3-9-34-23-5-2-4-21(25)32-23/h2,4-5,10-14H,3,8-9H2,1H3,(H2,27,30)(H,28,31). The Morgan fingerprint density at radius 3 is 2.71 bits per heavy atom. The molecular formula is C24H20ClFN6O2. The zero-order chi connectivity index (χ0) is 23.9. The molecule has 0 saturated heterocycles. The molecule has 0 unspecified atom stereocenters. The van der Waals surface area contributed by atoms with Gasteiger partial charge in [0.25, 0.3) is 0 Å². The van der Waals surface area contributed by atoms with E-state index >= 15 is 0 Å². The molecule has 0 atom stereocenters. The maximum absolute atomic E-state index is 14.2. The fourth-order valence-corrected chi connectivity index (χ4v) is 3.22. The Labute approximate surface area is 200 Å². The van der Waals surface area contributed by atoms with E-state index < -0.39 is 5.82 Å². The second kappa shape index (κ2) is 10.6. The van der Waals surface area contributed by atoms with E-state index in [2.05, 4.69) is 37.1 Å². The van der Waals surface area contributed by atoms with Gasteiger partial charge in [-0.15, -0.1) is 0 Å². The number of hydrogen-bond donors (Lipinski definition) is 2. The van der Waals surface area contributed by atoms with E-state index in [1.807, 2.05) is 0 Å². The number of rotatable bonds is 7. The van der Waals surface area contributed by atoms with E-state index in [1.54, 1.807) is 43.7 Å². The Morgan fingerprint density at radius 2 is 1.88 bits per heavy atom. The minimum absolute atomic E-state index is 0.0575. The average Bonchev–Trinajstić information content (AvgIpc) is 2.83. The van der Waals surface area contributed by atoms with Gasteiger partial charge in [-0.1, -0.05) is 23.6 Å². The van der Waals surface area contributed by atoms with E-state index in [4.69, 9.17) is 26.8 Å². The van der Waals surface area contributed by atoms with Crippen LogP contribution < -0.4 is 20.5 Å². The molecule has 34 heavy (non-hydrogen) atoms. The topological polar surface area (TPSA) is 108 Å². The molecule has 0 radical (unpaired) electrons. The summed E-state index contributed by atoms with van der Waals surface area (Å²) >= 11 is 5.82. The number of nitrogens with one attached hydrogen (secondary N) is 1. The van der Waals surface area contributed by atoms with Gasteiger partial charge in [0.05, 0.1) is 25.0 Å². The van der Waals surface area contributed by atoms with Crippen LogP contribution in [0.4, 0.5) is 16.0 Å². The predicted octanol–water partition coefficient (Wildman–Crippen LogP) is 4.08. The lowest BCUT2D eigenvalue weighted by molar-refractivity contribution is 0.236. The van der Waals surface area contributed by atoms with Crippen molar-refractivity contribution < 1.29 is 13.9 Å². The first-order valence-corrected chi connectivity index (χ1v) is 10.7. The zero-order valence-electron chi connectivity index (χ0n) is 18.2. The molecule has 0 spiro atoms. The molecule has 4 rings (SSSR count). The van der Waals surface area contributed by atoms with E-state index in [-0.39, 0.29) is 12.4 Å². The number of fused-ring (bicyclic) bond motifs is 1. The van der Waals surface area contributed by atoms with Gasteiger partial charge in [0.1, 0.15) is 22.5 Å². The molecule has 0 fully saturated rings. The van der Waals surface area contributed by atoms with E-state index in [0.29, 0.717) is 47.0 Å². The number of nitrogens with two attached hydrogens (primary N) is 1. The Kier molecular flexibility index (Phi) is 7.20. The Balaban J connectivity index is 1.44. The number of halogens is 2. The summed E-state index contributed by atoms with van der Waals surface area (Å²) in [7, 11) is 1.77. The summed E-state index contributed by atoms with van der Waals surface area (Å²) in [6.07, 6.45) is 4.87. The van der Waals surface area contributed by atoms with Gasteiger partial charge in [0.2, 0.25) is 5.88 Å². The smallest absolute Gasteiger partial charge is 0.214 e. The molecule has 172 valence electrons. The van der Waals surface area contributed by atoms with Gasteiger partial charge < -0.3 is 20.5 Å². The normalized spacial score (nSPS) is 10.4. The van der Waals surface area contributed by atoms with Crippen LogP contribution in [0.1, 0.15) is 17.7 Å². The van der Waals surface area contributed by atoms with Gasteiger partial charge in [-0.3, -0.25) is 0 Å². The van der Waals surface area contributed by atoms with Crippen LogP contribution in [0.25, 0.3) is 10.8 Å². The summed E-state index contributed by atoms with van der Waals surface area (Å²) in [5.41, 5.74) is 6.84. The molecule has 0 aliphatic heterocycles. The number of ether oxygens (including phenoxy) is 2. The third-order valence-corrected chi connectivity index (χ3v) is 4.87. The molecule has 0 aliphatic rings. The van der Waals surface area contributed by atoms with Crippen molar-refractivity contribution in [1.82, 2.24) is 19.9 Å². The fraction of sp³-hybridized carbons (Fsp3) is 0.167. The quantitative estimate of drug-likeness (QED) is 0.232. The SMILES string of the molecule is CNc1ncc(C#Cc2cc(OCCCOc3cccc(Cl)n3)c(F)cn2)c2cc(N)ncc12. The van der Waals surface area contributed by atoms with Gasteiger partial charge in [-0.2, -0.15) is 0 Å².